The van der Waals surface area contributed by atoms with Crippen molar-refractivity contribution < 1.29 is 13.2 Å². The highest BCUT2D eigenvalue weighted by Crippen LogP contribution is 2.22. The second-order valence-electron chi connectivity index (χ2n) is 6.71. The van der Waals surface area contributed by atoms with E-state index in [-0.39, 0.29) is 23.5 Å². The summed E-state index contributed by atoms with van der Waals surface area (Å²) < 4.78 is 23.5. The number of amides is 1. The summed E-state index contributed by atoms with van der Waals surface area (Å²) in [4.78, 5) is 14.6. The van der Waals surface area contributed by atoms with Crippen LogP contribution in [0.1, 0.15) is 41.8 Å². The Morgan fingerprint density at radius 2 is 1.95 bits per heavy atom. The number of nitrogens with zero attached hydrogens (tertiary/aromatic N) is 1. The molecule has 0 bridgehead atoms. The van der Waals surface area contributed by atoms with Crippen LogP contribution in [0.15, 0.2) is 18.2 Å². The van der Waals surface area contributed by atoms with Gasteiger partial charge < -0.3 is 4.90 Å². The van der Waals surface area contributed by atoms with Gasteiger partial charge in [-0.1, -0.05) is 19.9 Å². The van der Waals surface area contributed by atoms with Crippen molar-refractivity contribution in [2.75, 3.05) is 18.1 Å². The SMILES string of the molecule is Cc1ccc(C(=O)N(CC(C)C)[C@H]2CCS(=O)(=O)C2)cc1C. The molecule has 0 spiro atoms. The smallest absolute Gasteiger partial charge is 0.254 e. The van der Waals surface area contributed by atoms with E-state index in [4.69, 9.17) is 0 Å². The van der Waals surface area contributed by atoms with Crippen LogP contribution in [0.25, 0.3) is 0 Å². The first kappa shape index (κ1) is 17.0. The maximum Gasteiger partial charge on any atom is 0.254 e. The lowest BCUT2D eigenvalue weighted by molar-refractivity contribution is 0.0672. The second-order valence-corrected chi connectivity index (χ2v) is 8.94. The molecule has 1 aromatic rings. The highest BCUT2D eigenvalue weighted by atomic mass is 32.2. The maximum atomic E-state index is 12.9. The summed E-state index contributed by atoms with van der Waals surface area (Å²) in [5, 5.41) is 0. The predicted octanol–water partition coefficient (Wildman–Crippen LogP) is 2.59. The van der Waals surface area contributed by atoms with Crippen LogP contribution in [-0.4, -0.2) is 43.3 Å². The van der Waals surface area contributed by atoms with Gasteiger partial charge in [-0.3, -0.25) is 4.79 Å². The van der Waals surface area contributed by atoms with Crippen molar-refractivity contribution in [1.82, 2.24) is 4.90 Å². The molecule has 22 heavy (non-hydrogen) atoms. The van der Waals surface area contributed by atoms with Gasteiger partial charge in [0.05, 0.1) is 11.5 Å². The summed E-state index contributed by atoms with van der Waals surface area (Å²) >= 11 is 0. The number of hydrogen-bond donors (Lipinski definition) is 0. The Morgan fingerprint density at radius 3 is 2.45 bits per heavy atom. The van der Waals surface area contributed by atoms with E-state index in [0.717, 1.165) is 11.1 Å². The van der Waals surface area contributed by atoms with Gasteiger partial charge in [0.15, 0.2) is 9.84 Å². The Bertz CT molecular complexity index is 664. The molecule has 0 radical (unpaired) electrons. The molecular weight excluding hydrogens is 298 g/mol. The van der Waals surface area contributed by atoms with Gasteiger partial charge >= 0.3 is 0 Å². The third kappa shape index (κ3) is 3.88. The highest BCUT2D eigenvalue weighted by molar-refractivity contribution is 7.91. The molecule has 0 unspecified atom stereocenters. The molecule has 1 atom stereocenters. The van der Waals surface area contributed by atoms with Gasteiger partial charge in [0.1, 0.15) is 0 Å². The topological polar surface area (TPSA) is 54.5 Å². The summed E-state index contributed by atoms with van der Waals surface area (Å²) in [5.74, 6) is 0.528. The monoisotopic (exact) mass is 323 g/mol. The molecule has 1 saturated heterocycles. The Kier molecular flexibility index (Phi) is 4.95. The van der Waals surface area contributed by atoms with Gasteiger partial charge in [0, 0.05) is 18.2 Å². The largest absolute Gasteiger partial charge is 0.334 e. The molecular formula is C17H25NO3S. The average molecular weight is 323 g/mol. The average Bonchev–Trinajstić information content (AvgIpc) is 2.78. The summed E-state index contributed by atoms with van der Waals surface area (Å²) in [6.45, 7) is 8.68. The Hall–Kier alpha value is -1.36. The number of sulfone groups is 1. The van der Waals surface area contributed by atoms with Gasteiger partial charge in [0.2, 0.25) is 0 Å². The first-order chi connectivity index (χ1) is 10.2. The summed E-state index contributed by atoms with van der Waals surface area (Å²) in [6.07, 6.45) is 0.547. The van der Waals surface area contributed by atoms with Crippen molar-refractivity contribution in [1.29, 1.82) is 0 Å². The van der Waals surface area contributed by atoms with Crippen LogP contribution in [0.5, 0.6) is 0 Å². The molecule has 1 amide bonds. The Balaban J connectivity index is 2.28. The van der Waals surface area contributed by atoms with E-state index in [1.165, 1.54) is 0 Å². The van der Waals surface area contributed by atoms with Gasteiger partial charge in [-0.15, -0.1) is 0 Å². The number of aryl methyl sites for hydroxylation is 2. The minimum Gasteiger partial charge on any atom is -0.334 e. The van der Waals surface area contributed by atoms with Crippen LogP contribution < -0.4 is 0 Å². The fourth-order valence-electron chi connectivity index (χ4n) is 2.85. The summed E-state index contributed by atoms with van der Waals surface area (Å²) in [6, 6.07) is 5.48. The van der Waals surface area contributed by atoms with Crippen molar-refractivity contribution in [2.24, 2.45) is 5.92 Å². The van der Waals surface area contributed by atoms with Crippen LogP contribution in [0.2, 0.25) is 0 Å². The van der Waals surface area contributed by atoms with E-state index in [2.05, 4.69) is 0 Å². The van der Waals surface area contributed by atoms with E-state index in [9.17, 15) is 13.2 Å². The number of hydrogen-bond acceptors (Lipinski definition) is 3. The van der Waals surface area contributed by atoms with Crippen molar-refractivity contribution in [3.8, 4) is 0 Å². The third-order valence-corrected chi connectivity index (χ3v) is 5.98. The van der Waals surface area contributed by atoms with Crippen molar-refractivity contribution in [3.05, 3.63) is 34.9 Å². The first-order valence-corrected chi connectivity index (χ1v) is 9.60. The zero-order chi connectivity index (χ0) is 16.5. The quantitative estimate of drug-likeness (QED) is 0.856. The van der Waals surface area contributed by atoms with Crippen molar-refractivity contribution in [2.45, 2.75) is 40.2 Å². The minimum absolute atomic E-state index is 0.0566. The first-order valence-electron chi connectivity index (χ1n) is 7.78. The van der Waals surface area contributed by atoms with E-state index in [1.54, 1.807) is 4.90 Å². The van der Waals surface area contributed by atoms with Crippen LogP contribution in [-0.2, 0) is 9.84 Å². The van der Waals surface area contributed by atoms with Gasteiger partial charge in [-0.25, -0.2) is 8.42 Å². The van der Waals surface area contributed by atoms with Crippen molar-refractivity contribution in [3.63, 3.8) is 0 Å². The van der Waals surface area contributed by atoms with Crippen LogP contribution in [0.3, 0.4) is 0 Å². The molecule has 4 nitrogen and oxygen atoms in total. The number of carbonyl (C=O) groups excluding carboxylic acids is 1. The van der Waals surface area contributed by atoms with Crippen LogP contribution in [0.4, 0.5) is 0 Å². The van der Waals surface area contributed by atoms with E-state index < -0.39 is 9.84 Å². The fraction of sp³-hybridized carbons (Fsp3) is 0.588. The minimum atomic E-state index is -3.00. The second kappa shape index (κ2) is 6.41. The maximum absolute atomic E-state index is 12.9. The van der Waals surface area contributed by atoms with E-state index >= 15 is 0 Å². The third-order valence-electron chi connectivity index (χ3n) is 4.23. The van der Waals surface area contributed by atoms with Gasteiger partial charge in [-0.05, 0) is 49.4 Å². The predicted molar refractivity (Wildman–Crippen MR) is 88.8 cm³/mol. The standard InChI is InChI=1S/C17H25NO3S/c1-12(2)10-18(16-7-8-22(20,21)11-16)17(19)15-6-5-13(3)14(4)9-15/h5-6,9,12,16H,7-8,10-11H2,1-4H3/t16-/m0/s1. The lowest BCUT2D eigenvalue weighted by atomic mass is 10.0. The molecule has 0 N–H and O–H groups in total. The molecule has 2 rings (SSSR count). The van der Waals surface area contributed by atoms with E-state index in [1.807, 2.05) is 45.9 Å². The summed E-state index contributed by atoms with van der Waals surface area (Å²) in [7, 11) is -3.00. The van der Waals surface area contributed by atoms with Crippen molar-refractivity contribution >= 4 is 15.7 Å². The van der Waals surface area contributed by atoms with Crippen LogP contribution >= 0.6 is 0 Å². The van der Waals surface area contributed by atoms with Crippen LogP contribution in [0, 0.1) is 19.8 Å². The Labute approximate surface area is 133 Å². The molecule has 0 aliphatic carbocycles. The van der Waals surface area contributed by atoms with Gasteiger partial charge in [-0.2, -0.15) is 0 Å². The zero-order valence-electron chi connectivity index (χ0n) is 13.8. The molecule has 1 fully saturated rings. The Morgan fingerprint density at radius 1 is 1.27 bits per heavy atom. The number of carbonyl (C=O) groups is 1. The lowest BCUT2D eigenvalue weighted by Gasteiger charge is -2.30. The normalized spacial score (nSPS) is 20.3. The molecule has 1 aliphatic rings. The number of benzene rings is 1. The fourth-order valence-corrected chi connectivity index (χ4v) is 4.58. The molecule has 1 heterocycles. The molecule has 1 aliphatic heterocycles. The molecule has 1 aromatic carbocycles. The molecule has 122 valence electrons. The van der Waals surface area contributed by atoms with Gasteiger partial charge in [0.25, 0.3) is 5.91 Å². The molecule has 0 saturated carbocycles. The zero-order valence-corrected chi connectivity index (χ0v) is 14.6. The summed E-state index contributed by atoms with van der Waals surface area (Å²) in [5.41, 5.74) is 2.87. The number of rotatable bonds is 4. The molecule has 5 heteroatoms. The highest BCUT2D eigenvalue weighted by Gasteiger charge is 2.35. The molecule has 0 aromatic heterocycles. The lowest BCUT2D eigenvalue weighted by Crippen LogP contribution is -2.43. The van der Waals surface area contributed by atoms with E-state index in [0.29, 0.717) is 24.4 Å².